The maximum absolute atomic E-state index is 12.7. The molecule has 1 fully saturated rings. The highest BCUT2D eigenvalue weighted by molar-refractivity contribution is 6.01. The van der Waals surface area contributed by atoms with Gasteiger partial charge in [0, 0.05) is 18.7 Å². The zero-order valence-corrected chi connectivity index (χ0v) is 12.5. The van der Waals surface area contributed by atoms with Crippen molar-refractivity contribution in [2.45, 2.75) is 26.3 Å². The number of carbonyl (C=O) groups is 1. The topological polar surface area (TPSA) is 64.8 Å². The van der Waals surface area contributed by atoms with E-state index in [9.17, 15) is 4.79 Å². The Morgan fingerprint density at radius 2 is 2.00 bits per heavy atom. The number of nitrogens with zero attached hydrogens (tertiary/aromatic N) is 1. The zero-order valence-electron chi connectivity index (χ0n) is 12.5. The molecule has 1 aliphatic rings. The third kappa shape index (κ3) is 2.53. The van der Waals surface area contributed by atoms with Gasteiger partial charge in [0.05, 0.1) is 25.5 Å². The predicted molar refractivity (Wildman–Crippen MR) is 78.2 cm³/mol. The Morgan fingerprint density at radius 1 is 1.30 bits per heavy atom. The van der Waals surface area contributed by atoms with Gasteiger partial charge in [-0.05, 0) is 25.3 Å². The number of benzene rings is 1. The van der Waals surface area contributed by atoms with Crippen molar-refractivity contribution in [2.24, 2.45) is 5.92 Å². The Balaban J connectivity index is 2.38. The van der Waals surface area contributed by atoms with Crippen LogP contribution >= 0.6 is 0 Å². The second-order valence-electron chi connectivity index (χ2n) is 5.44. The number of hydrogen-bond donors (Lipinski definition) is 1. The molecule has 0 aromatic heterocycles. The second-order valence-corrected chi connectivity index (χ2v) is 5.44. The first-order chi connectivity index (χ1) is 9.47. The van der Waals surface area contributed by atoms with E-state index in [1.807, 2.05) is 4.90 Å². The molecule has 1 heterocycles. The lowest BCUT2D eigenvalue weighted by atomic mass is 10.1. The van der Waals surface area contributed by atoms with E-state index < -0.39 is 0 Å². The SMILES string of the molecule is COc1cc(OC)c(N)c(C(=O)N2CC(C)CC2C)c1. The summed E-state index contributed by atoms with van der Waals surface area (Å²) in [6, 6.07) is 3.59. The molecule has 0 spiro atoms. The van der Waals surface area contributed by atoms with Gasteiger partial charge in [0.15, 0.2) is 0 Å². The minimum atomic E-state index is -0.0587. The molecule has 2 atom stereocenters. The molecule has 0 aliphatic carbocycles. The summed E-state index contributed by atoms with van der Waals surface area (Å²) >= 11 is 0. The number of rotatable bonds is 3. The summed E-state index contributed by atoms with van der Waals surface area (Å²) in [6.07, 6.45) is 1.02. The normalized spacial score (nSPS) is 21.9. The summed E-state index contributed by atoms with van der Waals surface area (Å²) in [5, 5.41) is 0. The van der Waals surface area contributed by atoms with Crippen LogP contribution < -0.4 is 15.2 Å². The summed E-state index contributed by atoms with van der Waals surface area (Å²) in [5.74, 6) is 1.49. The largest absolute Gasteiger partial charge is 0.497 e. The van der Waals surface area contributed by atoms with E-state index in [4.69, 9.17) is 15.2 Å². The highest BCUT2D eigenvalue weighted by Gasteiger charge is 2.32. The van der Waals surface area contributed by atoms with Gasteiger partial charge in [-0.15, -0.1) is 0 Å². The van der Waals surface area contributed by atoms with E-state index in [1.165, 1.54) is 7.11 Å². The fraction of sp³-hybridized carbons (Fsp3) is 0.533. The lowest BCUT2D eigenvalue weighted by Crippen LogP contribution is -2.34. The molecule has 20 heavy (non-hydrogen) atoms. The molecule has 110 valence electrons. The Kier molecular flexibility index (Phi) is 4.06. The van der Waals surface area contributed by atoms with Gasteiger partial charge in [-0.25, -0.2) is 0 Å². The van der Waals surface area contributed by atoms with Gasteiger partial charge in [-0.2, -0.15) is 0 Å². The van der Waals surface area contributed by atoms with Gasteiger partial charge >= 0.3 is 0 Å². The quantitative estimate of drug-likeness (QED) is 0.860. The summed E-state index contributed by atoms with van der Waals surface area (Å²) in [4.78, 5) is 14.6. The number of nitrogen functional groups attached to an aromatic ring is 1. The first-order valence-electron chi connectivity index (χ1n) is 6.80. The van der Waals surface area contributed by atoms with Crippen LogP contribution in [0.3, 0.4) is 0 Å². The monoisotopic (exact) mass is 278 g/mol. The van der Waals surface area contributed by atoms with Crippen LogP contribution in [-0.4, -0.2) is 37.6 Å². The number of ether oxygens (including phenoxy) is 2. The van der Waals surface area contributed by atoms with Crippen LogP contribution in [0, 0.1) is 5.92 Å². The van der Waals surface area contributed by atoms with Crippen LogP contribution in [0.4, 0.5) is 5.69 Å². The second kappa shape index (κ2) is 5.61. The third-order valence-corrected chi connectivity index (χ3v) is 3.85. The molecule has 1 saturated heterocycles. The molecule has 5 nitrogen and oxygen atoms in total. The van der Waals surface area contributed by atoms with Crippen LogP contribution in [0.15, 0.2) is 12.1 Å². The lowest BCUT2D eigenvalue weighted by Gasteiger charge is -2.23. The van der Waals surface area contributed by atoms with Gasteiger partial charge in [0.25, 0.3) is 5.91 Å². The van der Waals surface area contributed by atoms with Gasteiger partial charge in [-0.1, -0.05) is 6.92 Å². The molecule has 1 amide bonds. The third-order valence-electron chi connectivity index (χ3n) is 3.85. The maximum Gasteiger partial charge on any atom is 0.256 e. The number of hydrogen-bond acceptors (Lipinski definition) is 4. The van der Waals surface area contributed by atoms with Crippen LogP contribution in [0.2, 0.25) is 0 Å². The van der Waals surface area contributed by atoms with Crippen molar-refractivity contribution in [3.05, 3.63) is 17.7 Å². The maximum atomic E-state index is 12.7. The van der Waals surface area contributed by atoms with Crippen molar-refractivity contribution in [3.63, 3.8) is 0 Å². The van der Waals surface area contributed by atoms with Crippen molar-refractivity contribution in [3.8, 4) is 11.5 Å². The molecular formula is C15H22N2O3. The summed E-state index contributed by atoms with van der Waals surface area (Å²) in [5.41, 5.74) is 6.85. The minimum Gasteiger partial charge on any atom is -0.497 e. The Morgan fingerprint density at radius 3 is 2.50 bits per heavy atom. The molecule has 1 aromatic rings. The van der Waals surface area contributed by atoms with E-state index in [-0.39, 0.29) is 11.9 Å². The number of methoxy groups -OCH3 is 2. The first kappa shape index (κ1) is 14.5. The molecule has 1 aromatic carbocycles. The number of amides is 1. The minimum absolute atomic E-state index is 0.0587. The first-order valence-corrected chi connectivity index (χ1v) is 6.80. The fourth-order valence-electron chi connectivity index (χ4n) is 2.80. The number of nitrogens with two attached hydrogens (primary N) is 1. The van der Waals surface area contributed by atoms with Crippen molar-refractivity contribution in [2.75, 3.05) is 26.5 Å². The van der Waals surface area contributed by atoms with E-state index in [0.717, 1.165) is 13.0 Å². The zero-order chi connectivity index (χ0) is 14.9. The smallest absolute Gasteiger partial charge is 0.256 e. The van der Waals surface area contributed by atoms with Crippen molar-refractivity contribution in [1.82, 2.24) is 4.90 Å². The molecular weight excluding hydrogens is 256 g/mol. The fourth-order valence-corrected chi connectivity index (χ4v) is 2.80. The van der Waals surface area contributed by atoms with Crippen LogP contribution in [0.5, 0.6) is 11.5 Å². The van der Waals surface area contributed by atoms with Gasteiger partial charge < -0.3 is 20.1 Å². The Labute approximate surface area is 119 Å². The van der Waals surface area contributed by atoms with Crippen LogP contribution in [0.25, 0.3) is 0 Å². The average Bonchev–Trinajstić information content (AvgIpc) is 2.77. The molecule has 0 saturated carbocycles. The lowest BCUT2D eigenvalue weighted by molar-refractivity contribution is 0.0744. The Bertz CT molecular complexity index is 516. The molecule has 2 N–H and O–H groups in total. The Hall–Kier alpha value is -1.91. The highest BCUT2D eigenvalue weighted by atomic mass is 16.5. The summed E-state index contributed by atoms with van der Waals surface area (Å²) in [6.45, 7) is 4.98. The number of anilines is 1. The highest BCUT2D eigenvalue weighted by Crippen LogP contribution is 2.33. The van der Waals surface area contributed by atoms with Crippen LogP contribution in [0.1, 0.15) is 30.6 Å². The van der Waals surface area contributed by atoms with Crippen molar-refractivity contribution >= 4 is 11.6 Å². The standard InChI is InChI=1S/C15H22N2O3/c1-9-5-10(2)17(8-9)15(18)12-6-11(19-3)7-13(20-4)14(12)16/h6-7,9-10H,5,8,16H2,1-4H3. The number of likely N-dealkylation sites (tertiary alicyclic amines) is 1. The van der Waals surface area contributed by atoms with Crippen molar-refractivity contribution < 1.29 is 14.3 Å². The molecule has 2 rings (SSSR count). The molecule has 5 heteroatoms. The average molecular weight is 278 g/mol. The van der Waals surface area contributed by atoms with Crippen LogP contribution in [-0.2, 0) is 0 Å². The van der Waals surface area contributed by atoms with Gasteiger partial charge in [0.1, 0.15) is 11.5 Å². The number of carbonyl (C=O) groups excluding carboxylic acids is 1. The van der Waals surface area contributed by atoms with E-state index in [2.05, 4.69) is 13.8 Å². The molecule has 0 bridgehead atoms. The van der Waals surface area contributed by atoms with E-state index in [1.54, 1.807) is 19.2 Å². The summed E-state index contributed by atoms with van der Waals surface area (Å²) in [7, 11) is 3.08. The van der Waals surface area contributed by atoms with E-state index in [0.29, 0.717) is 28.7 Å². The summed E-state index contributed by atoms with van der Waals surface area (Å²) < 4.78 is 10.4. The van der Waals surface area contributed by atoms with Crippen molar-refractivity contribution in [1.29, 1.82) is 0 Å². The predicted octanol–water partition coefficient (Wildman–Crippen LogP) is 2.16. The van der Waals surface area contributed by atoms with Gasteiger partial charge in [-0.3, -0.25) is 4.79 Å². The van der Waals surface area contributed by atoms with E-state index >= 15 is 0 Å². The molecule has 0 radical (unpaired) electrons. The molecule has 2 unspecified atom stereocenters. The molecule has 1 aliphatic heterocycles. The van der Waals surface area contributed by atoms with Gasteiger partial charge in [0.2, 0.25) is 0 Å².